The Morgan fingerprint density at radius 3 is 2.60 bits per heavy atom. The average Bonchev–Trinajstić information content (AvgIpc) is 2.82. The van der Waals surface area contributed by atoms with E-state index in [1.165, 1.54) is 0 Å². The molecular weight excluding hydrogens is 310 g/mol. The summed E-state index contributed by atoms with van der Waals surface area (Å²) in [5, 5.41) is 0.927. The monoisotopic (exact) mass is 331 g/mol. The number of ether oxygens (including phenoxy) is 1. The lowest BCUT2D eigenvalue weighted by Crippen LogP contribution is -2.05. The van der Waals surface area contributed by atoms with Crippen molar-refractivity contribution in [1.29, 1.82) is 0 Å². The number of ketones is 1. The van der Waals surface area contributed by atoms with Gasteiger partial charge in [-0.1, -0.05) is 42.5 Å². The van der Waals surface area contributed by atoms with Crippen LogP contribution in [0.3, 0.4) is 0 Å². The zero-order chi connectivity index (χ0) is 17.4. The van der Waals surface area contributed by atoms with E-state index in [1.807, 2.05) is 30.3 Å². The average molecular weight is 331 g/mol. The van der Waals surface area contributed by atoms with Crippen molar-refractivity contribution in [1.82, 2.24) is 4.57 Å². The molecule has 0 spiro atoms. The second-order valence-electron chi connectivity index (χ2n) is 6.41. The first-order valence-corrected chi connectivity index (χ1v) is 8.68. The van der Waals surface area contributed by atoms with Gasteiger partial charge in [-0.25, -0.2) is 0 Å². The Kier molecular flexibility index (Phi) is 3.92. The minimum Gasteiger partial charge on any atom is -0.496 e. The van der Waals surface area contributed by atoms with Crippen LogP contribution in [0.4, 0.5) is 0 Å². The molecule has 0 fully saturated rings. The first-order valence-electron chi connectivity index (χ1n) is 8.68. The molecule has 126 valence electrons. The van der Waals surface area contributed by atoms with Crippen molar-refractivity contribution in [2.75, 3.05) is 7.11 Å². The number of fused-ring (bicyclic) bond motifs is 3. The minimum absolute atomic E-state index is 0.0759. The van der Waals surface area contributed by atoms with Crippen LogP contribution in [-0.2, 0) is 6.54 Å². The SMILES string of the molecule is COc1cccc2c1c(C(C)=O)c1n2CCCC=C1c1ccccc1. The maximum Gasteiger partial charge on any atom is 0.162 e. The van der Waals surface area contributed by atoms with E-state index in [2.05, 4.69) is 28.8 Å². The normalized spacial score (nSPS) is 13.9. The van der Waals surface area contributed by atoms with E-state index in [9.17, 15) is 4.79 Å². The van der Waals surface area contributed by atoms with Crippen LogP contribution in [0.1, 0.15) is 41.4 Å². The second-order valence-corrected chi connectivity index (χ2v) is 6.41. The van der Waals surface area contributed by atoms with E-state index in [4.69, 9.17) is 4.74 Å². The maximum atomic E-state index is 12.7. The Balaban J connectivity index is 2.12. The summed E-state index contributed by atoms with van der Waals surface area (Å²) in [7, 11) is 1.66. The van der Waals surface area contributed by atoms with E-state index in [-0.39, 0.29) is 5.78 Å². The van der Waals surface area contributed by atoms with Crippen molar-refractivity contribution in [3.63, 3.8) is 0 Å². The summed E-state index contributed by atoms with van der Waals surface area (Å²) < 4.78 is 7.88. The molecular formula is C22H21NO2. The molecule has 0 amide bonds. The molecule has 3 heteroatoms. The van der Waals surface area contributed by atoms with Gasteiger partial charge in [0.25, 0.3) is 0 Å². The van der Waals surface area contributed by atoms with Crippen LogP contribution in [0, 0.1) is 0 Å². The van der Waals surface area contributed by atoms with E-state index in [1.54, 1.807) is 14.0 Å². The number of rotatable bonds is 3. The highest BCUT2D eigenvalue weighted by atomic mass is 16.5. The fourth-order valence-electron chi connectivity index (χ4n) is 3.86. The lowest BCUT2D eigenvalue weighted by atomic mass is 9.96. The molecule has 2 aromatic carbocycles. The van der Waals surface area contributed by atoms with Gasteiger partial charge in [-0.15, -0.1) is 0 Å². The lowest BCUT2D eigenvalue weighted by molar-refractivity contribution is 0.101. The molecule has 3 nitrogen and oxygen atoms in total. The molecule has 0 N–H and O–H groups in total. The number of hydrogen-bond acceptors (Lipinski definition) is 2. The van der Waals surface area contributed by atoms with Crippen LogP contribution in [0.25, 0.3) is 16.5 Å². The van der Waals surface area contributed by atoms with Crippen molar-refractivity contribution in [2.24, 2.45) is 0 Å². The first-order chi connectivity index (χ1) is 12.2. The third-order valence-corrected chi connectivity index (χ3v) is 4.90. The number of methoxy groups -OCH3 is 1. The third kappa shape index (κ3) is 2.47. The molecule has 0 aliphatic carbocycles. The van der Waals surface area contributed by atoms with Crippen molar-refractivity contribution >= 4 is 22.3 Å². The summed E-state index contributed by atoms with van der Waals surface area (Å²) in [5.74, 6) is 0.836. The van der Waals surface area contributed by atoms with E-state index >= 15 is 0 Å². The molecule has 0 bridgehead atoms. The second kappa shape index (κ2) is 6.25. The van der Waals surface area contributed by atoms with Gasteiger partial charge in [0, 0.05) is 12.1 Å². The molecule has 3 aromatic rings. The number of hydrogen-bond donors (Lipinski definition) is 0. The van der Waals surface area contributed by atoms with Crippen LogP contribution in [-0.4, -0.2) is 17.5 Å². The summed E-state index contributed by atoms with van der Waals surface area (Å²) in [6.07, 6.45) is 4.34. The van der Waals surface area contributed by atoms with E-state index in [0.717, 1.165) is 58.4 Å². The molecule has 1 aliphatic rings. The first kappa shape index (κ1) is 15.7. The van der Waals surface area contributed by atoms with Crippen molar-refractivity contribution in [2.45, 2.75) is 26.3 Å². The van der Waals surface area contributed by atoms with Crippen molar-refractivity contribution in [3.05, 3.63) is 71.4 Å². The molecule has 0 unspecified atom stereocenters. The topological polar surface area (TPSA) is 31.2 Å². The Morgan fingerprint density at radius 2 is 1.88 bits per heavy atom. The number of Topliss-reactive ketones (excluding diaryl/α,β-unsaturated/α-hetero) is 1. The zero-order valence-electron chi connectivity index (χ0n) is 14.6. The van der Waals surface area contributed by atoms with Crippen molar-refractivity contribution < 1.29 is 9.53 Å². The fraction of sp³-hybridized carbons (Fsp3) is 0.227. The molecule has 0 saturated carbocycles. The highest BCUT2D eigenvalue weighted by molar-refractivity contribution is 6.14. The maximum absolute atomic E-state index is 12.7. The summed E-state index contributed by atoms with van der Waals surface area (Å²) in [4.78, 5) is 12.7. The zero-order valence-corrected chi connectivity index (χ0v) is 14.6. The number of carbonyl (C=O) groups excluding carboxylic acids is 1. The minimum atomic E-state index is 0.0759. The van der Waals surface area contributed by atoms with Gasteiger partial charge in [-0.3, -0.25) is 4.79 Å². The van der Waals surface area contributed by atoms with Gasteiger partial charge in [0.15, 0.2) is 5.78 Å². The van der Waals surface area contributed by atoms with Crippen LogP contribution < -0.4 is 4.74 Å². The Bertz CT molecular complexity index is 980. The van der Waals surface area contributed by atoms with Gasteiger partial charge in [-0.2, -0.15) is 0 Å². The quantitative estimate of drug-likeness (QED) is 0.627. The van der Waals surface area contributed by atoms with Crippen LogP contribution in [0.2, 0.25) is 0 Å². The third-order valence-electron chi connectivity index (χ3n) is 4.90. The fourth-order valence-corrected chi connectivity index (χ4v) is 3.86. The van der Waals surface area contributed by atoms with Gasteiger partial charge in [-0.05, 0) is 37.5 Å². The van der Waals surface area contributed by atoms with Crippen LogP contribution >= 0.6 is 0 Å². The number of allylic oxidation sites excluding steroid dienone is 1. The number of aromatic nitrogens is 1. The summed E-state index contributed by atoms with van der Waals surface area (Å²) >= 11 is 0. The van der Waals surface area contributed by atoms with E-state index < -0.39 is 0 Å². The molecule has 0 saturated heterocycles. The van der Waals surface area contributed by atoms with Crippen LogP contribution in [0.5, 0.6) is 5.75 Å². The number of nitrogens with zero attached hydrogens (tertiary/aromatic N) is 1. The molecule has 25 heavy (non-hydrogen) atoms. The Hall–Kier alpha value is -2.81. The Labute approximate surface area is 147 Å². The van der Waals surface area contributed by atoms with Crippen molar-refractivity contribution in [3.8, 4) is 5.75 Å². The molecule has 4 rings (SSSR count). The van der Waals surface area contributed by atoms with Gasteiger partial charge in [0.2, 0.25) is 0 Å². The number of benzene rings is 2. The molecule has 1 aliphatic heterocycles. The highest BCUT2D eigenvalue weighted by Crippen LogP contribution is 2.40. The predicted octanol–water partition coefficient (Wildman–Crippen LogP) is 5.08. The lowest BCUT2D eigenvalue weighted by Gasteiger charge is -2.12. The molecule has 2 heterocycles. The standard InChI is InChI=1S/C22H21NO2/c1-15(24)20-21-18(12-8-13-19(21)25-2)23-14-7-6-11-17(22(20)23)16-9-4-3-5-10-16/h3-5,8-13H,6-7,14H2,1-2H3. The number of aryl methyl sites for hydroxylation is 1. The molecule has 0 atom stereocenters. The largest absolute Gasteiger partial charge is 0.496 e. The van der Waals surface area contributed by atoms with Gasteiger partial charge in [0.1, 0.15) is 5.75 Å². The van der Waals surface area contributed by atoms with Gasteiger partial charge in [0.05, 0.1) is 29.3 Å². The van der Waals surface area contributed by atoms with Crippen LogP contribution in [0.15, 0.2) is 54.6 Å². The van der Waals surface area contributed by atoms with E-state index in [0.29, 0.717) is 0 Å². The highest BCUT2D eigenvalue weighted by Gasteiger charge is 2.26. The summed E-state index contributed by atoms with van der Waals surface area (Å²) in [5.41, 5.74) is 5.15. The van der Waals surface area contributed by atoms with Gasteiger partial charge < -0.3 is 9.30 Å². The molecule has 0 radical (unpaired) electrons. The molecule has 1 aromatic heterocycles. The Morgan fingerprint density at radius 1 is 1.08 bits per heavy atom. The predicted molar refractivity (Wildman–Crippen MR) is 101 cm³/mol. The summed E-state index contributed by atoms with van der Waals surface area (Å²) in [6.45, 7) is 2.55. The smallest absolute Gasteiger partial charge is 0.162 e. The summed E-state index contributed by atoms with van der Waals surface area (Å²) in [6, 6.07) is 16.3. The number of carbonyl (C=O) groups is 1. The van der Waals surface area contributed by atoms with Gasteiger partial charge >= 0.3 is 0 Å².